The molecule has 0 radical (unpaired) electrons. The number of hydrogen-bond acceptors (Lipinski definition) is 4. The maximum Gasteiger partial charge on any atom is 0.330 e. The molecule has 0 bridgehead atoms. The van der Waals surface area contributed by atoms with Gasteiger partial charge in [0.1, 0.15) is 0 Å². The van der Waals surface area contributed by atoms with Crippen LogP contribution < -0.4 is 21.5 Å². The van der Waals surface area contributed by atoms with E-state index in [1.54, 1.807) is 11.9 Å². The number of benzene rings is 1. The van der Waals surface area contributed by atoms with Crippen molar-refractivity contribution in [1.29, 1.82) is 0 Å². The van der Waals surface area contributed by atoms with Crippen LogP contribution in [0, 0.1) is 0 Å². The van der Waals surface area contributed by atoms with E-state index in [9.17, 15) is 19.2 Å². The summed E-state index contributed by atoms with van der Waals surface area (Å²) < 4.78 is 2.27. The Morgan fingerprint density at radius 1 is 1.14 bits per heavy atom. The predicted molar refractivity (Wildman–Crippen MR) is 106 cm³/mol. The van der Waals surface area contributed by atoms with Gasteiger partial charge in [-0.2, -0.15) is 0 Å². The summed E-state index contributed by atoms with van der Waals surface area (Å²) in [6, 6.07) is 7.48. The van der Waals surface area contributed by atoms with E-state index in [1.165, 1.54) is 30.0 Å². The number of hydrogen-bond donors (Lipinski definition) is 1. The van der Waals surface area contributed by atoms with Crippen LogP contribution in [0.25, 0.3) is 6.08 Å². The lowest BCUT2D eigenvalue weighted by Crippen LogP contribution is -2.37. The Bertz CT molecular complexity index is 1050. The number of carbonyl (C=O) groups is 2. The second-order valence-electron chi connectivity index (χ2n) is 6.71. The molecule has 2 amide bonds. The van der Waals surface area contributed by atoms with E-state index >= 15 is 0 Å². The summed E-state index contributed by atoms with van der Waals surface area (Å²) in [5.74, 6) is -0.217. The fraction of sp³-hybridized carbons (Fsp3) is 0.300. The summed E-state index contributed by atoms with van der Waals surface area (Å²) in [5, 5.41) is 2.74. The zero-order valence-corrected chi connectivity index (χ0v) is 15.8. The lowest BCUT2D eigenvalue weighted by atomic mass is 10.2. The molecule has 0 spiro atoms. The fourth-order valence-electron chi connectivity index (χ4n) is 3.08. The fourth-order valence-corrected chi connectivity index (χ4v) is 3.08. The number of aryl methyl sites for hydroxylation is 1. The van der Waals surface area contributed by atoms with Crippen molar-refractivity contribution < 1.29 is 9.59 Å². The highest BCUT2D eigenvalue weighted by Gasteiger charge is 2.21. The van der Waals surface area contributed by atoms with Gasteiger partial charge in [-0.1, -0.05) is 12.1 Å². The lowest BCUT2D eigenvalue weighted by molar-refractivity contribution is -0.117. The third-order valence-electron chi connectivity index (χ3n) is 4.68. The van der Waals surface area contributed by atoms with Gasteiger partial charge in [0.2, 0.25) is 11.8 Å². The summed E-state index contributed by atoms with van der Waals surface area (Å²) in [6.45, 7) is 1.06. The molecule has 3 rings (SSSR count). The largest absolute Gasteiger partial charge is 0.348 e. The van der Waals surface area contributed by atoms with Gasteiger partial charge >= 0.3 is 5.69 Å². The molecule has 146 valence electrons. The van der Waals surface area contributed by atoms with Crippen LogP contribution in [-0.4, -0.2) is 27.5 Å². The van der Waals surface area contributed by atoms with Gasteiger partial charge in [0, 0.05) is 51.6 Å². The minimum absolute atomic E-state index is 0.135. The van der Waals surface area contributed by atoms with E-state index in [0.29, 0.717) is 13.0 Å². The smallest absolute Gasteiger partial charge is 0.330 e. The second kappa shape index (κ2) is 8.08. The highest BCUT2D eigenvalue weighted by Crippen LogP contribution is 2.21. The van der Waals surface area contributed by atoms with Gasteiger partial charge in [0.05, 0.1) is 5.56 Å². The monoisotopic (exact) mass is 382 g/mol. The van der Waals surface area contributed by atoms with Crippen LogP contribution in [0.15, 0.2) is 46.1 Å². The minimum Gasteiger partial charge on any atom is -0.348 e. The maximum absolute atomic E-state index is 12.0. The molecule has 2 heterocycles. The van der Waals surface area contributed by atoms with E-state index in [1.807, 2.05) is 24.3 Å². The van der Waals surface area contributed by atoms with E-state index < -0.39 is 11.2 Å². The molecule has 1 aromatic carbocycles. The van der Waals surface area contributed by atoms with E-state index in [2.05, 4.69) is 5.32 Å². The second-order valence-corrected chi connectivity index (χ2v) is 6.71. The molecule has 1 saturated heterocycles. The number of nitrogens with one attached hydrogen (secondary N) is 1. The number of carbonyl (C=O) groups excluding carboxylic acids is 2. The predicted octanol–water partition coefficient (Wildman–Crippen LogP) is 0.540. The average molecular weight is 382 g/mol. The summed E-state index contributed by atoms with van der Waals surface area (Å²) in [4.78, 5) is 49.3. The summed E-state index contributed by atoms with van der Waals surface area (Å²) in [7, 11) is 2.93. The zero-order chi connectivity index (χ0) is 20.3. The molecule has 1 aliphatic heterocycles. The minimum atomic E-state index is -0.459. The van der Waals surface area contributed by atoms with E-state index in [0.717, 1.165) is 28.8 Å². The maximum atomic E-state index is 12.0. The van der Waals surface area contributed by atoms with Gasteiger partial charge < -0.3 is 14.8 Å². The SMILES string of the molecule is Cn1cc(/C=C/C(=O)NCc2ccc(N3CCCC3=O)cc2)c(=O)n(C)c1=O. The van der Waals surface area contributed by atoms with Crippen molar-refractivity contribution in [3.63, 3.8) is 0 Å². The molecule has 1 N–H and O–H groups in total. The van der Waals surface area contributed by atoms with Crippen molar-refractivity contribution >= 4 is 23.6 Å². The van der Waals surface area contributed by atoms with Crippen LogP contribution in [0.3, 0.4) is 0 Å². The number of rotatable bonds is 5. The Kier molecular flexibility index (Phi) is 5.58. The Balaban J connectivity index is 1.60. The summed E-state index contributed by atoms with van der Waals surface area (Å²) in [6.07, 6.45) is 5.51. The molecule has 0 saturated carbocycles. The van der Waals surface area contributed by atoms with Crippen molar-refractivity contribution in [2.75, 3.05) is 11.4 Å². The Morgan fingerprint density at radius 2 is 1.86 bits per heavy atom. The molecule has 1 aromatic heterocycles. The van der Waals surface area contributed by atoms with Crippen LogP contribution in [0.4, 0.5) is 5.69 Å². The third-order valence-corrected chi connectivity index (χ3v) is 4.68. The van der Waals surface area contributed by atoms with Crippen molar-refractivity contribution in [2.24, 2.45) is 14.1 Å². The number of amides is 2. The first-order valence-electron chi connectivity index (χ1n) is 8.98. The average Bonchev–Trinajstić information content (AvgIpc) is 3.12. The Morgan fingerprint density at radius 3 is 2.50 bits per heavy atom. The van der Waals surface area contributed by atoms with Crippen LogP contribution in [-0.2, 0) is 30.2 Å². The van der Waals surface area contributed by atoms with Crippen LogP contribution >= 0.6 is 0 Å². The molecule has 0 unspecified atom stereocenters. The van der Waals surface area contributed by atoms with Crippen molar-refractivity contribution in [3.05, 3.63) is 68.5 Å². The first-order valence-corrected chi connectivity index (χ1v) is 8.98. The lowest BCUT2D eigenvalue weighted by Gasteiger charge is -2.15. The highest BCUT2D eigenvalue weighted by atomic mass is 16.2. The van der Waals surface area contributed by atoms with Crippen molar-refractivity contribution in [1.82, 2.24) is 14.5 Å². The molecule has 8 heteroatoms. The molecular weight excluding hydrogens is 360 g/mol. The van der Waals surface area contributed by atoms with Gasteiger partial charge in [-0.15, -0.1) is 0 Å². The quantitative estimate of drug-likeness (QED) is 0.764. The Labute approximate surface area is 161 Å². The van der Waals surface area contributed by atoms with Crippen LogP contribution in [0.5, 0.6) is 0 Å². The first-order chi connectivity index (χ1) is 13.4. The van der Waals surface area contributed by atoms with Gasteiger partial charge in [-0.3, -0.25) is 19.0 Å². The highest BCUT2D eigenvalue weighted by molar-refractivity contribution is 5.95. The molecule has 1 aliphatic rings. The Hall–Kier alpha value is -3.42. The van der Waals surface area contributed by atoms with Gasteiger partial charge in [-0.25, -0.2) is 4.79 Å². The standard InChI is InChI=1S/C20H22N4O4/c1-22-13-15(19(27)23(2)20(22)28)7-10-17(25)21-12-14-5-8-16(9-6-14)24-11-3-4-18(24)26/h5-10,13H,3-4,11-12H2,1-2H3,(H,21,25)/b10-7+. The van der Waals surface area contributed by atoms with Crippen LogP contribution in [0.1, 0.15) is 24.0 Å². The number of nitrogens with zero attached hydrogens (tertiary/aromatic N) is 3. The van der Waals surface area contributed by atoms with Gasteiger partial charge in [0.15, 0.2) is 0 Å². The van der Waals surface area contributed by atoms with Crippen molar-refractivity contribution in [3.8, 4) is 0 Å². The molecule has 0 atom stereocenters. The molecule has 2 aromatic rings. The van der Waals surface area contributed by atoms with Crippen molar-refractivity contribution in [2.45, 2.75) is 19.4 Å². The van der Waals surface area contributed by atoms with Gasteiger partial charge in [-0.05, 0) is 30.2 Å². The molecule has 8 nitrogen and oxygen atoms in total. The zero-order valence-electron chi connectivity index (χ0n) is 15.8. The normalized spacial score (nSPS) is 14.1. The van der Waals surface area contributed by atoms with E-state index in [4.69, 9.17) is 0 Å². The molecular formula is C20H22N4O4. The first kappa shape index (κ1) is 19.3. The summed E-state index contributed by atoms with van der Waals surface area (Å²) in [5.41, 5.74) is 1.13. The van der Waals surface area contributed by atoms with Crippen LogP contribution in [0.2, 0.25) is 0 Å². The third kappa shape index (κ3) is 4.11. The topological polar surface area (TPSA) is 93.4 Å². The molecule has 0 aliphatic carbocycles. The molecule has 1 fully saturated rings. The number of aromatic nitrogens is 2. The van der Waals surface area contributed by atoms with E-state index in [-0.39, 0.29) is 17.4 Å². The summed E-state index contributed by atoms with van der Waals surface area (Å²) >= 11 is 0. The molecule has 28 heavy (non-hydrogen) atoms. The van der Waals surface area contributed by atoms with Gasteiger partial charge in [0.25, 0.3) is 5.56 Å². The number of anilines is 1.